The number of phenols is 1. The van der Waals surface area contributed by atoms with E-state index in [9.17, 15) is 5.11 Å². The molecule has 0 aliphatic carbocycles. The third-order valence-corrected chi connectivity index (χ3v) is 6.17. The van der Waals surface area contributed by atoms with E-state index in [0.29, 0.717) is 0 Å². The van der Waals surface area contributed by atoms with Gasteiger partial charge >= 0.3 is 0 Å². The number of phenolic OH excluding ortho intramolecular Hbond substituents is 1. The standard InChI is InChI=1S/C23H22N4O2S/c28-18-8-6-17(7-9-18)24-22-21-19(16-4-2-1-3-5-16)15-30-23(21)26-20(25-22)14-27-10-12-29-13-11-27/h1-9,15,28H,10-14H2,(H,24,25,26)/p+1. The SMILES string of the molecule is Oc1ccc(Nc2nc(C[NH+]3CCOCC3)nc3scc(-c4ccccc4)c23)cc1. The van der Waals surface area contributed by atoms with Crippen LogP contribution >= 0.6 is 11.3 Å². The van der Waals surface area contributed by atoms with Gasteiger partial charge in [0.25, 0.3) is 0 Å². The van der Waals surface area contributed by atoms with E-state index in [4.69, 9.17) is 14.7 Å². The Labute approximate surface area is 178 Å². The number of nitrogens with zero attached hydrogens (tertiary/aromatic N) is 2. The average Bonchev–Trinajstić information content (AvgIpc) is 3.21. The van der Waals surface area contributed by atoms with E-state index in [1.807, 2.05) is 30.3 Å². The molecule has 1 aliphatic rings. The molecular weight excluding hydrogens is 396 g/mol. The summed E-state index contributed by atoms with van der Waals surface area (Å²) in [5, 5.41) is 16.3. The molecule has 2 aromatic heterocycles. The lowest BCUT2D eigenvalue weighted by Gasteiger charge is -2.23. The maximum atomic E-state index is 9.62. The van der Waals surface area contributed by atoms with Crippen LogP contribution in [0.1, 0.15) is 5.82 Å². The van der Waals surface area contributed by atoms with Crippen LogP contribution in [0.15, 0.2) is 60.0 Å². The van der Waals surface area contributed by atoms with Crippen LogP contribution in [-0.4, -0.2) is 41.4 Å². The van der Waals surface area contributed by atoms with Crippen molar-refractivity contribution in [3.05, 3.63) is 65.8 Å². The van der Waals surface area contributed by atoms with Gasteiger partial charge < -0.3 is 20.1 Å². The average molecular weight is 420 g/mol. The molecule has 1 fully saturated rings. The fourth-order valence-corrected chi connectivity index (χ4v) is 4.69. The summed E-state index contributed by atoms with van der Waals surface area (Å²) in [6, 6.07) is 17.4. The van der Waals surface area contributed by atoms with E-state index in [-0.39, 0.29) is 5.75 Å². The van der Waals surface area contributed by atoms with Gasteiger partial charge in [-0.1, -0.05) is 30.3 Å². The molecule has 4 aromatic rings. The van der Waals surface area contributed by atoms with Gasteiger partial charge in [-0.2, -0.15) is 0 Å². The van der Waals surface area contributed by atoms with Crippen molar-refractivity contribution in [3.8, 4) is 16.9 Å². The van der Waals surface area contributed by atoms with Crippen molar-refractivity contribution in [2.75, 3.05) is 31.6 Å². The van der Waals surface area contributed by atoms with Crippen LogP contribution in [-0.2, 0) is 11.3 Å². The second-order valence-electron chi connectivity index (χ2n) is 7.40. The van der Waals surface area contributed by atoms with E-state index in [2.05, 4.69) is 22.8 Å². The highest BCUT2D eigenvalue weighted by Gasteiger charge is 2.20. The van der Waals surface area contributed by atoms with Crippen LogP contribution in [0.4, 0.5) is 11.5 Å². The largest absolute Gasteiger partial charge is 0.508 e. The number of thiophene rings is 1. The Balaban J connectivity index is 1.58. The number of hydrogen-bond donors (Lipinski definition) is 3. The normalized spacial score (nSPS) is 14.8. The van der Waals surface area contributed by atoms with Crippen LogP contribution in [0.2, 0.25) is 0 Å². The number of fused-ring (bicyclic) bond motifs is 1. The molecule has 2 aromatic carbocycles. The van der Waals surface area contributed by atoms with Crippen molar-refractivity contribution in [2.24, 2.45) is 0 Å². The summed E-state index contributed by atoms with van der Waals surface area (Å²) in [4.78, 5) is 12.2. The van der Waals surface area contributed by atoms with Crippen molar-refractivity contribution in [1.82, 2.24) is 9.97 Å². The zero-order chi connectivity index (χ0) is 20.3. The van der Waals surface area contributed by atoms with Gasteiger partial charge in [0, 0.05) is 16.6 Å². The van der Waals surface area contributed by atoms with Crippen molar-refractivity contribution in [1.29, 1.82) is 0 Å². The van der Waals surface area contributed by atoms with Gasteiger partial charge in [-0.15, -0.1) is 11.3 Å². The van der Waals surface area contributed by atoms with Crippen LogP contribution in [0, 0.1) is 0 Å². The molecule has 1 saturated heterocycles. The summed E-state index contributed by atoms with van der Waals surface area (Å²) in [5.74, 6) is 1.88. The number of aromatic nitrogens is 2. The van der Waals surface area contributed by atoms with Crippen LogP contribution in [0.5, 0.6) is 5.75 Å². The molecule has 0 amide bonds. The van der Waals surface area contributed by atoms with Gasteiger partial charge in [0.2, 0.25) is 0 Å². The lowest BCUT2D eigenvalue weighted by atomic mass is 10.1. The Hall–Kier alpha value is -3.00. The first-order valence-electron chi connectivity index (χ1n) is 10.1. The predicted octanol–water partition coefficient (Wildman–Crippen LogP) is 3.22. The summed E-state index contributed by atoms with van der Waals surface area (Å²) in [6.45, 7) is 4.30. The Kier molecular flexibility index (Phi) is 5.31. The predicted molar refractivity (Wildman–Crippen MR) is 119 cm³/mol. The minimum absolute atomic E-state index is 0.241. The molecule has 0 spiro atoms. The lowest BCUT2D eigenvalue weighted by Crippen LogP contribution is -3.12. The van der Waals surface area contributed by atoms with Crippen LogP contribution < -0.4 is 10.2 Å². The Morgan fingerprint density at radius 3 is 2.53 bits per heavy atom. The number of rotatable bonds is 5. The fourth-order valence-electron chi connectivity index (χ4n) is 3.73. The highest BCUT2D eigenvalue weighted by atomic mass is 32.1. The number of hydrogen-bond acceptors (Lipinski definition) is 6. The topological polar surface area (TPSA) is 71.7 Å². The molecule has 0 radical (unpaired) electrons. The maximum absolute atomic E-state index is 9.62. The lowest BCUT2D eigenvalue weighted by molar-refractivity contribution is -0.922. The third kappa shape index (κ3) is 4.00. The zero-order valence-corrected chi connectivity index (χ0v) is 17.3. The molecular formula is C23H23N4O2S+. The first-order chi connectivity index (χ1) is 14.8. The van der Waals surface area contributed by atoms with Gasteiger partial charge in [0.15, 0.2) is 5.82 Å². The van der Waals surface area contributed by atoms with Gasteiger partial charge in [-0.25, -0.2) is 9.97 Å². The molecule has 1 aliphatic heterocycles. The maximum Gasteiger partial charge on any atom is 0.187 e. The molecule has 3 heterocycles. The van der Waals surface area contributed by atoms with E-state index in [1.165, 1.54) is 4.90 Å². The molecule has 6 nitrogen and oxygen atoms in total. The molecule has 3 N–H and O–H groups in total. The number of quaternary nitrogens is 1. The number of nitrogens with one attached hydrogen (secondary N) is 2. The molecule has 0 atom stereocenters. The highest BCUT2D eigenvalue weighted by molar-refractivity contribution is 7.17. The Morgan fingerprint density at radius 2 is 1.77 bits per heavy atom. The zero-order valence-electron chi connectivity index (χ0n) is 16.5. The summed E-state index contributed by atoms with van der Waals surface area (Å²) in [6.07, 6.45) is 0. The second kappa shape index (κ2) is 8.39. The minimum atomic E-state index is 0.241. The molecule has 5 rings (SSSR count). The van der Waals surface area contributed by atoms with E-state index in [0.717, 1.165) is 71.5 Å². The number of ether oxygens (including phenoxy) is 1. The van der Waals surface area contributed by atoms with Crippen LogP contribution in [0.3, 0.4) is 0 Å². The molecule has 7 heteroatoms. The monoisotopic (exact) mass is 419 g/mol. The van der Waals surface area contributed by atoms with Gasteiger partial charge in [0.1, 0.15) is 36.0 Å². The summed E-state index contributed by atoms with van der Waals surface area (Å²) in [7, 11) is 0. The van der Waals surface area contributed by atoms with Crippen LogP contribution in [0.25, 0.3) is 21.3 Å². The van der Waals surface area contributed by atoms with Gasteiger partial charge in [0.05, 0.1) is 18.6 Å². The summed E-state index contributed by atoms with van der Waals surface area (Å²) < 4.78 is 5.48. The summed E-state index contributed by atoms with van der Waals surface area (Å²) in [5.41, 5.74) is 3.15. The van der Waals surface area contributed by atoms with Crippen molar-refractivity contribution < 1.29 is 14.7 Å². The minimum Gasteiger partial charge on any atom is -0.508 e. The second-order valence-corrected chi connectivity index (χ2v) is 8.25. The first kappa shape index (κ1) is 19.0. The smallest absolute Gasteiger partial charge is 0.187 e. The number of anilines is 2. The van der Waals surface area contributed by atoms with Crippen molar-refractivity contribution in [2.45, 2.75) is 6.54 Å². The summed E-state index contributed by atoms with van der Waals surface area (Å²) >= 11 is 1.65. The fraction of sp³-hybridized carbons (Fsp3) is 0.217. The highest BCUT2D eigenvalue weighted by Crippen LogP contribution is 2.38. The number of morpholine rings is 1. The number of benzene rings is 2. The molecule has 0 unspecified atom stereocenters. The first-order valence-corrected chi connectivity index (χ1v) is 10.9. The molecule has 0 saturated carbocycles. The van der Waals surface area contributed by atoms with E-state index >= 15 is 0 Å². The van der Waals surface area contributed by atoms with E-state index < -0.39 is 0 Å². The number of aromatic hydroxyl groups is 1. The van der Waals surface area contributed by atoms with Crippen molar-refractivity contribution in [3.63, 3.8) is 0 Å². The van der Waals surface area contributed by atoms with Gasteiger partial charge in [-0.05, 0) is 29.8 Å². The molecule has 152 valence electrons. The van der Waals surface area contributed by atoms with Crippen molar-refractivity contribution >= 4 is 33.1 Å². The Bertz CT molecular complexity index is 1140. The molecule has 30 heavy (non-hydrogen) atoms. The Morgan fingerprint density at radius 1 is 1.00 bits per heavy atom. The molecule has 0 bridgehead atoms. The third-order valence-electron chi connectivity index (χ3n) is 5.30. The van der Waals surface area contributed by atoms with Gasteiger partial charge in [-0.3, -0.25) is 0 Å². The quantitative estimate of drug-likeness (QED) is 0.433. The van der Waals surface area contributed by atoms with E-state index in [1.54, 1.807) is 23.5 Å².